The molecule has 0 aliphatic carbocycles. The van der Waals surface area contributed by atoms with Gasteiger partial charge in [-0.2, -0.15) is 0 Å². The van der Waals surface area contributed by atoms with Gasteiger partial charge in [-0.05, 0) is 0 Å². The first-order valence-corrected chi connectivity index (χ1v) is 7.29. The van der Waals surface area contributed by atoms with Crippen LogP contribution in [-0.2, 0) is 14.6 Å². The van der Waals surface area contributed by atoms with E-state index < -0.39 is 9.84 Å². The standard InChI is InChI=1S/C9H19N3O3S/c1-2-16(14,15)6-5-12-9(13)8-7-10-3-4-11-8/h8,10-11H,2-7H2,1H3,(H,12,13). The Labute approximate surface area is 96.1 Å². The lowest BCUT2D eigenvalue weighted by Crippen LogP contribution is -2.56. The van der Waals surface area contributed by atoms with Crippen molar-refractivity contribution in [2.24, 2.45) is 0 Å². The lowest BCUT2D eigenvalue weighted by molar-refractivity contribution is -0.123. The Kier molecular flexibility index (Phi) is 5.17. The second-order valence-corrected chi connectivity index (χ2v) is 6.21. The molecule has 1 aliphatic heterocycles. The Bertz CT molecular complexity index is 323. The number of carbonyl (C=O) groups is 1. The molecular formula is C9H19N3O3S. The van der Waals surface area contributed by atoms with E-state index in [1.807, 2.05) is 0 Å². The first-order valence-electron chi connectivity index (χ1n) is 5.47. The minimum Gasteiger partial charge on any atom is -0.354 e. The molecule has 1 rings (SSSR count). The summed E-state index contributed by atoms with van der Waals surface area (Å²) in [5.74, 6) is -0.0138. The molecule has 0 spiro atoms. The van der Waals surface area contributed by atoms with Gasteiger partial charge in [-0.25, -0.2) is 8.42 Å². The Hall–Kier alpha value is -0.660. The van der Waals surface area contributed by atoms with Crippen molar-refractivity contribution in [2.75, 3.05) is 37.7 Å². The highest BCUT2D eigenvalue weighted by Gasteiger charge is 2.20. The van der Waals surface area contributed by atoms with Gasteiger partial charge in [0.25, 0.3) is 0 Å². The third-order valence-electron chi connectivity index (χ3n) is 2.51. The smallest absolute Gasteiger partial charge is 0.238 e. The summed E-state index contributed by atoms with van der Waals surface area (Å²) in [6.07, 6.45) is 0. The summed E-state index contributed by atoms with van der Waals surface area (Å²) in [5.41, 5.74) is 0. The van der Waals surface area contributed by atoms with Crippen molar-refractivity contribution in [1.29, 1.82) is 0 Å². The largest absolute Gasteiger partial charge is 0.354 e. The molecule has 1 saturated heterocycles. The molecule has 0 aromatic carbocycles. The normalized spacial score (nSPS) is 21.7. The molecule has 0 aromatic rings. The van der Waals surface area contributed by atoms with Crippen LogP contribution in [0.25, 0.3) is 0 Å². The zero-order valence-corrected chi connectivity index (χ0v) is 10.3. The zero-order chi connectivity index (χ0) is 12.0. The van der Waals surface area contributed by atoms with Crippen LogP contribution in [-0.4, -0.2) is 58.1 Å². The topological polar surface area (TPSA) is 87.3 Å². The molecule has 3 N–H and O–H groups in total. The van der Waals surface area contributed by atoms with Crippen molar-refractivity contribution in [2.45, 2.75) is 13.0 Å². The predicted octanol–water partition coefficient (Wildman–Crippen LogP) is -1.90. The van der Waals surface area contributed by atoms with E-state index in [2.05, 4.69) is 16.0 Å². The van der Waals surface area contributed by atoms with Crippen LogP contribution in [0.5, 0.6) is 0 Å². The van der Waals surface area contributed by atoms with Crippen LogP contribution < -0.4 is 16.0 Å². The second kappa shape index (κ2) is 6.17. The van der Waals surface area contributed by atoms with Crippen molar-refractivity contribution >= 4 is 15.7 Å². The van der Waals surface area contributed by atoms with E-state index >= 15 is 0 Å². The quantitative estimate of drug-likeness (QED) is 0.530. The third kappa shape index (κ3) is 4.46. The van der Waals surface area contributed by atoms with E-state index in [4.69, 9.17) is 0 Å². The number of hydrogen-bond donors (Lipinski definition) is 3. The van der Waals surface area contributed by atoms with Gasteiger partial charge >= 0.3 is 0 Å². The summed E-state index contributed by atoms with van der Waals surface area (Å²) >= 11 is 0. The highest BCUT2D eigenvalue weighted by molar-refractivity contribution is 7.91. The molecule has 1 heterocycles. The maximum absolute atomic E-state index is 11.6. The summed E-state index contributed by atoms with van der Waals surface area (Å²) in [4.78, 5) is 11.6. The third-order valence-corrected chi connectivity index (χ3v) is 4.22. The maximum atomic E-state index is 11.6. The van der Waals surface area contributed by atoms with Crippen LogP contribution in [0.15, 0.2) is 0 Å². The maximum Gasteiger partial charge on any atom is 0.238 e. The highest BCUT2D eigenvalue weighted by atomic mass is 32.2. The van der Waals surface area contributed by atoms with Crippen molar-refractivity contribution in [3.8, 4) is 0 Å². The lowest BCUT2D eigenvalue weighted by Gasteiger charge is -2.23. The van der Waals surface area contributed by atoms with Crippen LogP contribution in [0.2, 0.25) is 0 Å². The monoisotopic (exact) mass is 249 g/mol. The zero-order valence-electron chi connectivity index (χ0n) is 9.45. The molecule has 1 unspecified atom stereocenters. The number of amides is 1. The molecule has 0 radical (unpaired) electrons. The summed E-state index contributed by atoms with van der Waals surface area (Å²) < 4.78 is 22.4. The predicted molar refractivity (Wildman–Crippen MR) is 62.0 cm³/mol. The molecule has 1 aliphatic rings. The van der Waals surface area contributed by atoms with Crippen LogP contribution >= 0.6 is 0 Å². The Morgan fingerprint density at radius 3 is 2.75 bits per heavy atom. The van der Waals surface area contributed by atoms with Gasteiger partial charge in [0, 0.05) is 31.9 Å². The SMILES string of the molecule is CCS(=O)(=O)CCNC(=O)C1CNCCN1. The van der Waals surface area contributed by atoms with E-state index in [-0.39, 0.29) is 30.0 Å². The summed E-state index contributed by atoms with van der Waals surface area (Å²) in [6.45, 7) is 3.99. The Morgan fingerprint density at radius 1 is 1.44 bits per heavy atom. The van der Waals surface area contributed by atoms with Gasteiger partial charge in [0.2, 0.25) is 5.91 Å². The van der Waals surface area contributed by atoms with E-state index in [0.29, 0.717) is 6.54 Å². The Balaban J connectivity index is 2.24. The van der Waals surface area contributed by atoms with Gasteiger partial charge in [0.15, 0.2) is 9.84 Å². The molecule has 0 aromatic heterocycles. The van der Waals surface area contributed by atoms with E-state index in [1.165, 1.54) is 0 Å². The molecular weight excluding hydrogens is 230 g/mol. The number of piperazine rings is 1. The number of hydrogen-bond acceptors (Lipinski definition) is 5. The molecule has 6 nitrogen and oxygen atoms in total. The van der Waals surface area contributed by atoms with Crippen LogP contribution in [0.3, 0.4) is 0 Å². The molecule has 0 saturated carbocycles. The summed E-state index contributed by atoms with van der Waals surface area (Å²) in [6, 6.07) is -0.252. The van der Waals surface area contributed by atoms with Crippen molar-refractivity contribution in [3.05, 3.63) is 0 Å². The molecule has 1 atom stereocenters. The molecule has 1 amide bonds. The molecule has 7 heteroatoms. The van der Waals surface area contributed by atoms with E-state index in [9.17, 15) is 13.2 Å². The minimum atomic E-state index is -3.00. The highest BCUT2D eigenvalue weighted by Crippen LogP contribution is 1.90. The van der Waals surface area contributed by atoms with Crippen LogP contribution in [0, 0.1) is 0 Å². The number of carbonyl (C=O) groups excluding carboxylic acids is 1. The van der Waals surface area contributed by atoms with Crippen molar-refractivity contribution in [3.63, 3.8) is 0 Å². The minimum absolute atomic E-state index is 0.00931. The molecule has 0 bridgehead atoms. The van der Waals surface area contributed by atoms with Gasteiger partial charge < -0.3 is 16.0 Å². The Morgan fingerprint density at radius 2 is 2.19 bits per heavy atom. The van der Waals surface area contributed by atoms with Gasteiger partial charge in [-0.3, -0.25) is 4.79 Å². The van der Waals surface area contributed by atoms with Crippen molar-refractivity contribution in [1.82, 2.24) is 16.0 Å². The molecule has 16 heavy (non-hydrogen) atoms. The van der Waals surface area contributed by atoms with Crippen LogP contribution in [0.4, 0.5) is 0 Å². The first kappa shape index (κ1) is 13.4. The van der Waals surface area contributed by atoms with E-state index in [1.54, 1.807) is 6.92 Å². The van der Waals surface area contributed by atoms with Crippen molar-refractivity contribution < 1.29 is 13.2 Å². The fourth-order valence-corrected chi connectivity index (χ4v) is 2.14. The average molecular weight is 249 g/mol. The second-order valence-electron chi connectivity index (χ2n) is 3.74. The van der Waals surface area contributed by atoms with Gasteiger partial charge in [-0.1, -0.05) is 6.92 Å². The lowest BCUT2D eigenvalue weighted by atomic mass is 10.2. The molecule has 1 fully saturated rings. The number of rotatable bonds is 5. The summed E-state index contributed by atoms with van der Waals surface area (Å²) in [5, 5.41) is 8.77. The molecule has 94 valence electrons. The fourth-order valence-electron chi connectivity index (χ4n) is 1.44. The first-order chi connectivity index (χ1) is 7.55. The van der Waals surface area contributed by atoms with Crippen LogP contribution in [0.1, 0.15) is 6.92 Å². The van der Waals surface area contributed by atoms with Gasteiger partial charge in [0.05, 0.1) is 11.8 Å². The van der Waals surface area contributed by atoms with Gasteiger partial charge in [-0.15, -0.1) is 0 Å². The number of sulfone groups is 1. The summed E-state index contributed by atoms with van der Waals surface area (Å²) in [7, 11) is -3.00. The number of nitrogens with one attached hydrogen (secondary N) is 3. The average Bonchev–Trinajstić information content (AvgIpc) is 2.30. The van der Waals surface area contributed by atoms with E-state index in [0.717, 1.165) is 13.1 Å². The fraction of sp³-hybridized carbons (Fsp3) is 0.889. The van der Waals surface area contributed by atoms with Gasteiger partial charge in [0.1, 0.15) is 0 Å².